The summed E-state index contributed by atoms with van der Waals surface area (Å²) in [6, 6.07) is 10.7. The van der Waals surface area contributed by atoms with E-state index < -0.39 is 0 Å². The summed E-state index contributed by atoms with van der Waals surface area (Å²) in [4.78, 5) is 0. The minimum Gasteiger partial charge on any atom is -0.317 e. The number of aromatic nitrogens is 2. The van der Waals surface area contributed by atoms with Gasteiger partial charge in [-0.1, -0.05) is 30.3 Å². The van der Waals surface area contributed by atoms with Gasteiger partial charge < -0.3 is 5.32 Å². The monoisotopic (exact) mass is 305 g/mol. The van der Waals surface area contributed by atoms with Gasteiger partial charge in [-0.25, -0.2) is 0 Å². The molecule has 21 heavy (non-hydrogen) atoms. The minimum atomic E-state index is 0. The van der Waals surface area contributed by atoms with Crippen LogP contribution >= 0.6 is 12.4 Å². The number of piperidine rings is 1. The average molecular weight is 306 g/mol. The van der Waals surface area contributed by atoms with E-state index in [-0.39, 0.29) is 12.4 Å². The number of benzene rings is 1. The molecule has 114 valence electrons. The van der Waals surface area contributed by atoms with Crippen LogP contribution in [0.4, 0.5) is 0 Å². The first-order chi connectivity index (χ1) is 9.88. The van der Waals surface area contributed by atoms with Crippen LogP contribution in [0.2, 0.25) is 0 Å². The quantitative estimate of drug-likeness (QED) is 0.938. The van der Waals surface area contributed by atoms with E-state index in [9.17, 15) is 0 Å². The molecule has 4 heteroatoms. The van der Waals surface area contributed by atoms with E-state index in [1.807, 2.05) is 0 Å². The third-order valence-corrected chi connectivity index (χ3v) is 4.22. The van der Waals surface area contributed by atoms with Gasteiger partial charge in [-0.15, -0.1) is 12.4 Å². The summed E-state index contributed by atoms with van der Waals surface area (Å²) in [5.41, 5.74) is 4.25. The number of rotatable bonds is 4. The van der Waals surface area contributed by atoms with E-state index in [2.05, 4.69) is 58.5 Å². The summed E-state index contributed by atoms with van der Waals surface area (Å²) in [5.74, 6) is 0.664. The zero-order valence-corrected chi connectivity index (χ0v) is 13.4. The van der Waals surface area contributed by atoms with Gasteiger partial charge in [-0.2, -0.15) is 5.10 Å². The Labute approximate surface area is 133 Å². The minimum absolute atomic E-state index is 0. The standard InChI is InChI=1S/C17H23N3.ClH/c1-2-20-17(15-8-10-18-11-9-15)16(13-19-20)12-14-6-4-3-5-7-14;/h3-7,13,15,18H,2,8-12H2,1H3;1H. The molecule has 0 amide bonds. The van der Waals surface area contributed by atoms with E-state index in [0.717, 1.165) is 26.1 Å². The highest BCUT2D eigenvalue weighted by atomic mass is 35.5. The molecule has 1 aliphatic heterocycles. The zero-order chi connectivity index (χ0) is 13.8. The maximum Gasteiger partial charge on any atom is 0.0528 e. The lowest BCUT2D eigenvalue weighted by molar-refractivity contribution is 0.430. The van der Waals surface area contributed by atoms with Gasteiger partial charge in [0.1, 0.15) is 0 Å². The van der Waals surface area contributed by atoms with Crippen LogP contribution in [-0.4, -0.2) is 22.9 Å². The SMILES string of the molecule is CCn1ncc(Cc2ccccc2)c1C1CCNCC1.Cl. The molecule has 0 unspecified atom stereocenters. The van der Waals surface area contributed by atoms with Crippen molar-refractivity contribution in [2.75, 3.05) is 13.1 Å². The van der Waals surface area contributed by atoms with E-state index in [1.165, 1.54) is 29.7 Å². The largest absolute Gasteiger partial charge is 0.317 e. The first kappa shape index (κ1) is 16.1. The molecule has 1 fully saturated rings. The van der Waals surface area contributed by atoms with E-state index in [1.54, 1.807) is 0 Å². The van der Waals surface area contributed by atoms with Crippen molar-refractivity contribution < 1.29 is 0 Å². The summed E-state index contributed by atoms with van der Waals surface area (Å²) in [6.45, 7) is 5.41. The molecule has 1 saturated heterocycles. The maximum atomic E-state index is 4.60. The number of hydrogen-bond donors (Lipinski definition) is 1. The van der Waals surface area contributed by atoms with Crippen LogP contribution in [0.5, 0.6) is 0 Å². The fourth-order valence-corrected chi connectivity index (χ4v) is 3.21. The van der Waals surface area contributed by atoms with Crippen LogP contribution in [0, 0.1) is 0 Å². The second kappa shape index (κ2) is 7.62. The Kier molecular flexibility index (Phi) is 5.83. The maximum absolute atomic E-state index is 4.60. The first-order valence-electron chi connectivity index (χ1n) is 7.67. The molecule has 3 nitrogen and oxygen atoms in total. The lowest BCUT2D eigenvalue weighted by atomic mass is 9.90. The third kappa shape index (κ3) is 3.66. The van der Waals surface area contributed by atoms with Crippen molar-refractivity contribution in [1.29, 1.82) is 0 Å². The number of aryl methyl sites for hydroxylation is 1. The first-order valence-corrected chi connectivity index (χ1v) is 7.67. The predicted molar refractivity (Wildman–Crippen MR) is 89.2 cm³/mol. The molecule has 0 radical (unpaired) electrons. The lowest BCUT2D eigenvalue weighted by Crippen LogP contribution is -2.28. The summed E-state index contributed by atoms with van der Waals surface area (Å²) in [5, 5.41) is 8.06. The number of hydrogen-bond acceptors (Lipinski definition) is 2. The highest BCUT2D eigenvalue weighted by Gasteiger charge is 2.22. The van der Waals surface area contributed by atoms with Crippen molar-refractivity contribution in [2.45, 2.75) is 38.6 Å². The molecule has 2 aromatic rings. The molecule has 0 bridgehead atoms. The third-order valence-electron chi connectivity index (χ3n) is 4.22. The molecule has 3 rings (SSSR count). The van der Waals surface area contributed by atoms with Gasteiger partial charge in [0.2, 0.25) is 0 Å². The van der Waals surface area contributed by atoms with Gasteiger partial charge in [0.25, 0.3) is 0 Å². The predicted octanol–water partition coefficient (Wildman–Crippen LogP) is 3.38. The number of nitrogens with one attached hydrogen (secondary N) is 1. The molecule has 0 saturated carbocycles. The van der Waals surface area contributed by atoms with Crippen LogP contribution in [0.15, 0.2) is 36.5 Å². The van der Waals surface area contributed by atoms with Gasteiger partial charge in [0, 0.05) is 24.6 Å². The second-order valence-corrected chi connectivity index (χ2v) is 5.56. The molecule has 0 aliphatic carbocycles. The van der Waals surface area contributed by atoms with Crippen LogP contribution < -0.4 is 5.32 Å². The number of halogens is 1. The fourth-order valence-electron chi connectivity index (χ4n) is 3.21. The van der Waals surface area contributed by atoms with Crippen molar-refractivity contribution in [2.24, 2.45) is 0 Å². The zero-order valence-electron chi connectivity index (χ0n) is 12.6. The molecule has 2 heterocycles. The van der Waals surface area contributed by atoms with Crippen LogP contribution in [0.3, 0.4) is 0 Å². The van der Waals surface area contributed by atoms with Crippen LogP contribution in [-0.2, 0) is 13.0 Å². The molecule has 1 aromatic heterocycles. The van der Waals surface area contributed by atoms with Gasteiger partial charge in [0.15, 0.2) is 0 Å². The highest BCUT2D eigenvalue weighted by molar-refractivity contribution is 5.85. The van der Waals surface area contributed by atoms with Gasteiger partial charge in [-0.3, -0.25) is 4.68 Å². The Balaban J connectivity index is 0.00000161. The van der Waals surface area contributed by atoms with E-state index in [4.69, 9.17) is 0 Å². The summed E-state index contributed by atoms with van der Waals surface area (Å²) < 4.78 is 2.20. The Bertz CT molecular complexity index is 544. The van der Waals surface area contributed by atoms with Gasteiger partial charge in [0.05, 0.1) is 6.20 Å². The van der Waals surface area contributed by atoms with E-state index >= 15 is 0 Å². The topological polar surface area (TPSA) is 29.9 Å². The lowest BCUT2D eigenvalue weighted by Gasteiger charge is -2.24. The Hall–Kier alpha value is -1.32. The molecular weight excluding hydrogens is 282 g/mol. The van der Waals surface area contributed by atoms with Crippen molar-refractivity contribution >= 4 is 12.4 Å². The van der Waals surface area contributed by atoms with Crippen molar-refractivity contribution in [1.82, 2.24) is 15.1 Å². The Morgan fingerprint density at radius 3 is 2.57 bits per heavy atom. The highest BCUT2D eigenvalue weighted by Crippen LogP contribution is 2.29. The number of nitrogens with zero attached hydrogens (tertiary/aromatic N) is 2. The summed E-state index contributed by atoms with van der Waals surface area (Å²) in [7, 11) is 0. The Morgan fingerprint density at radius 1 is 1.19 bits per heavy atom. The van der Waals surface area contributed by atoms with Crippen LogP contribution in [0.25, 0.3) is 0 Å². The summed E-state index contributed by atoms with van der Waals surface area (Å²) >= 11 is 0. The summed E-state index contributed by atoms with van der Waals surface area (Å²) in [6.07, 6.45) is 5.54. The molecule has 0 spiro atoms. The van der Waals surface area contributed by atoms with Crippen molar-refractivity contribution in [3.8, 4) is 0 Å². The fraction of sp³-hybridized carbons (Fsp3) is 0.471. The van der Waals surface area contributed by atoms with Crippen molar-refractivity contribution in [3.05, 3.63) is 53.3 Å². The van der Waals surface area contributed by atoms with Gasteiger partial charge >= 0.3 is 0 Å². The molecule has 0 atom stereocenters. The molecular formula is C17H24ClN3. The van der Waals surface area contributed by atoms with E-state index in [0.29, 0.717) is 5.92 Å². The average Bonchev–Trinajstić information content (AvgIpc) is 2.92. The van der Waals surface area contributed by atoms with Crippen molar-refractivity contribution in [3.63, 3.8) is 0 Å². The van der Waals surface area contributed by atoms with Gasteiger partial charge in [-0.05, 0) is 44.0 Å². The second-order valence-electron chi connectivity index (χ2n) is 5.56. The molecule has 1 aromatic carbocycles. The smallest absolute Gasteiger partial charge is 0.0528 e. The normalized spacial score (nSPS) is 15.7. The molecule has 1 N–H and O–H groups in total. The Morgan fingerprint density at radius 2 is 1.90 bits per heavy atom. The van der Waals surface area contributed by atoms with Crippen LogP contribution in [0.1, 0.15) is 42.5 Å². The molecule has 1 aliphatic rings.